The van der Waals surface area contributed by atoms with Crippen LogP contribution in [0.15, 0.2) is 54.6 Å². The Morgan fingerprint density at radius 3 is 2.35 bits per heavy atom. The lowest BCUT2D eigenvalue weighted by Crippen LogP contribution is -2.50. The molecule has 4 nitrogen and oxygen atoms in total. The van der Waals surface area contributed by atoms with E-state index in [1.807, 2.05) is 29.2 Å². The van der Waals surface area contributed by atoms with Crippen LogP contribution in [0.2, 0.25) is 0 Å². The van der Waals surface area contributed by atoms with Gasteiger partial charge in [-0.25, -0.2) is 0 Å². The Morgan fingerprint density at radius 1 is 1.00 bits per heavy atom. The summed E-state index contributed by atoms with van der Waals surface area (Å²) in [5.74, 6) is 1.32. The molecule has 1 heterocycles. The molecule has 0 aromatic heterocycles. The summed E-state index contributed by atoms with van der Waals surface area (Å²) in [6, 6.07) is 18.4. The number of para-hydroxylation sites is 2. The van der Waals surface area contributed by atoms with E-state index in [0.29, 0.717) is 5.92 Å². The van der Waals surface area contributed by atoms with Crippen LogP contribution in [-0.2, 0) is 4.79 Å². The van der Waals surface area contributed by atoms with Crippen molar-refractivity contribution in [2.75, 3.05) is 37.7 Å². The Kier molecular flexibility index (Phi) is 6.16. The number of ether oxygens (including phenoxy) is 1. The largest absolute Gasteiger partial charge is 0.483 e. The molecule has 1 amide bonds. The minimum atomic E-state index is 0.0664. The lowest BCUT2D eigenvalue weighted by molar-refractivity contribution is -0.133. The van der Waals surface area contributed by atoms with Crippen molar-refractivity contribution >= 4 is 11.6 Å². The molecule has 0 saturated carbocycles. The third-order valence-corrected chi connectivity index (χ3v) is 5.17. The van der Waals surface area contributed by atoms with Crippen LogP contribution in [0.5, 0.6) is 5.75 Å². The number of anilines is 1. The smallest absolute Gasteiger partial charge is 0.260 e. The Hall–Kier alpha value is -2.49. The average molecular weight is 352 g/mol. The van der Waals surface area contributed by atoms with E-state index in [-0.39, 0.29) is 12.5 Å². The second-order valence-electron chi connectivity index (χ2n) is 6.84. The number of hydrogen-bond acceptors (Lipinski definition) is 3. The van der Waals surface area contributed by atoms with Gasteiger partial charge in [0.05, 0.1) is 0 Å². The summed E-state index contributed by atoms with van der Waals surface area (Å²) in [7, 11) is 0. The van der Waals surface area contributed by atoms with E-state index in [2.05, 4.69) is 49.1 Å². The predicted octanol–water partition coefficient (Wildman–Crippen LogP) is 3.93. The van der Waals surface area contributed by atoms with E-state index >= 15 is 0 Å². The maximum absolute atomic E-state index is 12.5. The Labute approximate surface area is 156 Å². The normalized spacial score (nSPS) is 15.6. The Bertz CT molecular complexity index is 709. The van der Waals surface area contributed by atoms with Gasteiger partial charge in [0.15, 0.2) is 6.61 Å². The maximum Gasteiger partial charge on any atom is 0.260 e. The minimum absolute atomic E-state index is 0.0664. The number of carbonyl (C=O) groups is 1. The van der Waals surface area contributed by atoms with Gasteiger partial charge in [0, 0.05) is 31.9 Å². The zero-order chi connectivity index (χ0) is 18.4. The third kappa shape index (κ3) is 4.37. The summed E-state index contributed by atoms with van der Waals surface area (Å²) in [4.78, 5) is 16.8. The van der Waals surface area contributed by atoms with Crippen LogP contribution in [0, 0.1) is 0 Å². The third-order valence-electron chi connectivity index (χ3n) is 5.17. The van der Waals surface area contributed by atoms with Crippen molar-refractivity contribution in [3.8, 4) is 5.75 Å². The molecule has 0 spiro atoms. The van der Waals surface area contributed by atoms with E-state index < -0.39 is 0 Å². The number of benzene rings is 2. The average Bonchev–Trinajstić information content (AvgIpc) is 2.72. The molecule has 3 rings (SSSR count). The van der Waals surface area contributed by atoms with Crippen LogP contribution in [0.3, 0.4) is 0 Å². The molecule has 1 aliphatic rings. The number of amides is 1. The van der Waals surface area contributed by atoms with E-state index in [1.54, 1.807) is 0 Å². The zero-order valence-corrected chi connectivity index (χ0v) is 15.7. The fourth-order valence-electron chi connectivity index (χ4n) is 3.32. The molecule has 1 fully saturated rings. The van der Waals surface area contributed by atoms with Crippen molar-refractivity contribution in [3.63, 3.8) is 0 Å². The highest BCUT2D eigenvalue weighted by molar-refractivity contribution is 5.78. The summed E-state index contributed by atoms with van der Waals surface area (Å²) >= 11 is 0. The zero-order valence-electron chi connectivity index (χ0n) is 15.7. The highest BCUT2D eigenvalue weighted by Crippen LogP contribution is 2.28. The highest BCUT2D eigenvalue weighted by atomic mass is 16.5. The monoisotopic (exact) mass is 352 g/mol. The van der Waals surface area contributed by atoms with E-state index in [4.69, 9.17) is 4.74 Å². The summed E-state index contributed by atoms with van der Waals surface area (Å²) in [5.41, 5.74) is 2.40. The molecule has 1 atom stereocenters. The number of hydrogen-bond donors (Lipinski definition) is 0. The van der Waals surface area contributed by atoms with Gasteiger partial charge in [-0.3, -0.25) is 4.79 Å². The minimum Gasteiger partial charge on any atom is -0.483 e. The highest BCUT2D eigenvalue weighted by Gasteiger charge is 2.22. The fraction of sp³-hybridized carbons (Fsp3) is 0.409. The topological polar surface area (TPSA) is 32.8 Å². The van der Waals surface area contributed by atoms with Crippen molar-refractivity contribution in [1.82, 2.24) is 4.90 Å². The Morgan fingerprint density at radius 2 is 1.65 bits per heavy atom. The Balaban J connectivity index is 1.52. The lowest BCUT2D eigenvalue weighted by atomic mass is 9.98. The number of rotatable bonds is 6. The molecule has 0 aliphatic carbocycles. The van der Waals surface area contributed by atoms with Gasteiger partial charge in [-0.2, -0.15) is 0 Å². The molecule has 0 N–H and O–H groups in total. The maximum atomic E-state index is 12.5. The van der Waals surface area contributed by atoms with Crippen molar-refractivity contribution in [2.45, 2.75) is 26.2 Å². The molecule has 0 radical (unpaired) electrons. The summed E-state index contributed by atoms with van der Waals surface area (Å²) in [6.45, 7) is 7.66. The first-order valence-corrected chi connectivity index (χ1v) is 9.48. The molecule has 26 heavy (non-hydrogen) atoms. The summed E-state index contributed by atoms with van der Waals surface area (Å²) in [6.07, 6.45) is 1.05. The molecule has 1 unspecified atom stereocenters. The van der Waals surface area contributed by atoms with Gasteiger partial charge >= 0.3 is 0 Å². The molecule has 1 saturated heterocycles. The molecular weight excluding hydrogens is 324 g/mol. The van der Waals surface area contributed by atoms with Crippen molar-refractivity contribution in [3.05, 3.63) is 60.2 Å². The second-order valence-corrected chi connectivity index (χ2v) is 6.84. The lowest BCUT2D eigenvalue weighted by Gasteiger charge is -2.36. The van der Waals surface area contributed by atoms with Crippen molar-refractivity contribution < 1.29 is 9.53 Å². The molecule has 4 heteroatoms. The number of carbonyl (C=O) groups excluding carboxylic acids is 1. The molecule has 2 aromatic carbocycles. The van der Waals surface area contributed by atoms with Gasteiger partial charge in [0.25, 0.3) is 5.91 Å². The molecule has 2 aromatic rings. The van der Waals surface area contributed by atoms with Crippen LogP contribution >= 0.6 is 0 Å². The molecular formula is C22H28N2O2. The van der Waals surface area contributed by atoms with Crippen molar-refractivity contribution in [1.29, 1.82) is 0 Å². The SMILES string of the molecule is CCC(C)c1ccccc1OCC(=O)N1CCN(c2ccccc2)CC1. The molecule has 138 valence electrons. The number of nitrogens with zero attached hydrogens (tertiary/aromatic N) is 2. The van der Waals surface area contributed by atoms with Gasteiger partial charge < -0.3 is 14.5 Å². The van der Waals surface area contributed by atoms with E-state index in [0.717, 1.165) is 38.3 Å². The molecule has 0 bridgehead atoms. The summed E-state index contributed by atoms with van der Waals surface area (Å²) < 4.78 is 5.88. The van der Waals surface area contributed by atoms with Gasteiger partial charge in [0.2, 0.25) is 0 Å². The molecule has 1 aliphatic heterocycles. The van der Waals surface area contributed by atoms with Crippen LogP contribution in [0.4, 0.5) is 5.69 Å². The van der Waals surface area contributed by atoms with E-state index in [1.165, 1.54) is 11.3 Å². The predicted molar refractivity (Wildman–Crippen MR) is 106 cm³/mol. The van der Waals surface area contributed by atoms with E-state index in [9.17, 15) is 4.79 Å². The first-order valence-electron chi connectivity index (χ1n) is 9.48. The van der Waals surface area contributed by atoms with Crippen LogP contribution in [0.25, 0.3) is 0 Å². The van der Waals surface area contributed by atoms with Gasteiger partial charge in [-0.1, -0.05) is 50.2 Å². The van der Waals surface area contributed by atoms with Gasteiger partial charge in [0.1, 0.15) is 5.75 Å². The van der Waals surface area contributed by atoms with Crippen LogP contribution in [0.1, 0.15) is 31.7 Å². The van der Waals surface area contributed by atoms with Gasteiger partial charge in [-0.05, 0) is 36.1 Å². The van der Waals surface area contributed by atoms with Crippen molar-refractivity contribution in [2.24, 2.45) is 0 Å². The van der Waals surface area contributed by atoms with Gasteiger partial charge in [-0.15, -0.1) is 0 Å². The standard InChI is InChI=1S/C22H28N2O2/c1-3-18(2)20-11-7-8-12-21(20)26-17-22(25)24-15-13-23(14-16-24)19-9-5-4-6-10-19/h4-12,18H,3,13-17H2,1-2H3. The second kappa shape index (κ2) is 8.75. The fourth-order valence-corrected chi connectivity index (χ4v) is 3.32. The summed E-state index contributed by atoms with van der Waals surface area (Å²) in [5, 5.41) is 0. The van der Waals surface area contributed by atoms with Crippen LogP contribution < -0.4 is 9.64 Å². The quantitative estimate of drug-likeness (QED) is 0.790. The first-order chi connectivity index (χ1) is 12.7. The van der Waals surface area contributed by atoms with Crippen LogP contribution in [-0.4, -0.2) is 43.6 Å². The first kappa shape index (κ1) is 18.3. The number of piperazine rings is 1.